The number of hydrogen-bond acceptors (Lipinski definition) is 7. The lowest BCUT2D eigenvalue weighted by Crippen LogP contribution is -2.49. The fourth-order valence-electron chi connectivity index (χ4n) is 3.69. The van der Waals surface area contributed by atoms with Crippen LogP contribution in [0, 0.1) is 10.1 Å². The molecule has 1 aliphatic rings. The minimum absolute atomic E-state index is 0.133. The number of carbonyl (C=O) groups excluding carboxylic acids is 1. The summed E-state index contributed by atoms with van der Waals surface area (Å²) in [5.41, 5.74) is 0.171. The molecule has 160 valence electrons. The molecule has 1 fully saturated rings. The van der Waals surface area contributed by atoms with Gasteiger partial charge in [0.15, 0.2) is 5.78 Å². The van der Waals surface area contributed by atoms with E-state index >= 15 is 0 Å². The van der Waals surface area contributed by atoms with Crippen molar-refractivity contribution in [2.24, 2.45) is 14.1 Å². The zero-order valence-corrected chi connectivity index (χ0v) is 17.3. The first-order chi connectivity index (χ1) is 14.2. The Balaban J connectivity index is 1.63. The summed E-state index contributed by atoms with van der Waals surface area (Å²) in [6.07, 6.45) is 0.669. The normalized spacial score (nSPS) is 14.7. The molecule has 2 aromatic rings. The Morgan fingerprint density at radius 3 is 2.33 bits per heavy atom. The van der Waals surface area contributed by atoms with Gasteiger partial charge in [-0.3, -0.25) is 33.7 Å². The number of hydrogen-bond donors (Lipinski definition) is 0. The highest BCUT2D eigenvalue weighted by Crippen LogP contribution is 2.21. The second-order valence-electron chi connectivity index (χ2n) is 7.48. The molecule has 1 saturated heterocycles. The monoisotopic (exact) mass is 415 g/mol. The number of nitro benzene ring substituents is 1. The van der Waals surface area contributed by atoms with Crippen LogP contribution in [0.5, 0.6) is 0 Å². The summed E-state index contributed by atoms with van der Waals surface area (Å²) in [6, 6.07) is 6.17. The minimum atomic E-state index is -0.538. The van der Waals surface area contributed by atoms with E-state index in [1.807, 2.05) is 4.90 Å². The number of nitrogens with zero attached hydrogens (tertiary/aromatic N) is 5. The Bertz CT molecular complexity index is 1100. The lowest BCUT2D eigenvalue weighted by molar-refractivity contribution is -0.385. The number of benzene rings is 1. The molecule has 0 saturated carbocycles. The van der Waals surface area contributed by atoms with Crippen LogP contribution in [0.15, 0.2) is 33.9 Å². The first-order valence-corrected chi connectivity index (χ1v) is 9.71. The van der Waals surface area contributed by atoms with E-state index in [1.54, 1.807) is 19.2 Å². The van der Waals surface area contributed by atoms with Gasteiger partial charge >= 0.3 is 5.69 Å². The number of anilines is 1. The maximum absolute atomic E-state index is 12.1. The van der Waals surface area contributed by atoms with E-state index in [-0.39, 0.29) is 28.3 Å². The molecule has 0 bridgehead atoms. The van der Waals surface area contributed by atoms with Crippen LogP contribution in [0.4, 0.5) is 11.5 Å². The third-order valence-electron chi connectivity index (χ3n) is 5.55. The Hall–Kier alpha value is -3.27. The molecule has 1 aromatic heterocycles. The SMILES string of the molecule is CC(=O)c1cc(CCN2CCN(c3cc(=O)n(C)c(=O)n3C)CC2)ccc1[N+](=O)[O-]. The fraction of sp³-hybridized carbons (Fsp3) is 0.450. The van der Waals surface area contributed by atoms with Crippen LogP contribution in [0.3, 0.4) is 0 Å². The van der Waals surface area contributed by atoms with Crippen LogP contribution in [0.1, 0.15) is 22.8 Å². The summed E-state index contributed by atoms with van der Waals surface area (Å²) in [4.78, 5) is 50.7. The standard InChI is InChI=1S/C20H25N5O5/c1-14(26)16-12-15(4-5-17(16)25(29)30)6-7-23-8-10-24(11-9-23)18-13-19(27)22(3)20(28)21(18)2/h4-5,12-13H,6-11H2,1-3H3. The molecule has 0 atom stereocenters. The van der Waals surface area contributed by atoms with Crippen molar-refractivity contribution in [3.63, 3.8) is 0 Å². The molecule has 30 heavy (non-hydrogen) atoms. The summed E-state index contributed by atoms with van der Waals surface area (Å²) in [6.45, 7) is 4.96. The number of carbonyl (C=O) groups is 1. The van der Waals surface area contributed by atoms with Crippen LogP contribution in [0.2, 0.25) is 0 Å². The second kappa shape index (κ2) is 8.62. The molecule has 10 heteroatoms. The Kier molecular flexibility index (Phi) is 6.16. The number of Topliss-reactive ketones (excluding diaryl/α,β-unsaturated/α-hetero) is 1. The molecule has 2 heterocycles. The zero-order chi connectivity index (χ0) is 22.0. The lowest BCUT2D eigenvalue weighted by Gasteiger charge is -2.36. The summed E-state index contributed by atoms with van der Waals surface area (Å²) in [5, 5.41) is 11.1. The van der Waals surface area contributed by atoms with Gasteiger partial charge < -0.3 is 4.90 Å². The lowest BCUT2D eigenvalue weighted by atomic mass is 10.0. The number of piperazine rings is 1. The maximum Gasteiger partial charge on any atom is 0.332 e. The predicted octanol–water partition coefficient (Wildman–Crippen LogP) is 0.560. The number of ketones is 1. The number of rotatable bonds is 6. The highest BCUT2D eigenvalue weighted by molar-refractivity contribution is 5.98. The van der Waals surface area contributed by atoms with Gasteiger partial charge in [0.25, 0.3) is 11.2 Å². The van der Waals surface area contributed by atoms with Gasteiger partial charge in [-0.25, -0.2) is 4.79 Å². The Morgan fingerprint density at radius 1 is 1.07 bits per heavy atom. The van der Waals surface area contributed by atoms with E-state index in [2.05, 4.69) is 4.90 Å². The van der Waals surface area contributed by atoms with Gasteiger partial charge in [-0.15, -0.1) is 0 Å². The van der Waals surface area contributed by atoms with Gasteiger partial charge in [0.2, 0.25) is 0 Å². The molecule has 0 unspecified atom stereocenters. The smallest absolute Gasteiger partial charge is 0.332 e. The number of nitro groups is 1. The van der Waals surface area contributed by atoms with Crippen molar-refractivity contribution in [3.05, 3.63) is 66.3 Å². The Morgan fingerprint density at radius 2 is 1.73 bits per heavy atom. The topological polar surface area (TPSA) is 111 Å². The molecule has 0 aliphatic carbocycles. The van der Waals surface area contributed by atoms with Gasteiger partial charge in [0.1, 0.15) is 5.82 Å². The molecule has 1 aliphatic heterocycles. The van der Waals surface area contributed by atoms with Gasteiger partial charge in [-0.2, -0.15) is 0 Å². The largest absolute Gasteiger partial charge is 0.355 e. The molecular weight excluding hydrogens is 390 g/mol. The molecule has 10 nitrogen and oxygen atoms in total. The van der Waals surface area contributed by atoms with Gasteiger partial charge in [0, 0.05) is 59.0 Å². The van der Waals surface area contributed by atoms with Crippen molar-refractivity contribution in [3.8, 4) is 0 Å². The first kappa shape index (κ1) is 21.4. The van der Waals surface area contributed by atoms with Crippen LogP contribution >= 0.6 is 0 Å². The highest BCUT2D eigenvalue weighted by Gasteiger charge is 2.21. The van der Waals surface area contributed by atoms with E-state index in [9.17, 15) is 24.5 Å². The summed E-state index contributed by atoms with van der Waals surface area (Å²) in [7, 11) is 3.12. The van der Waals surface area contributed by atoms with Gasteiger partial charge in [-0.05, 0) is 25.0 Å². The predicted molar refractivity (Wildman–Crippen MR) is 112 cm³/mol. The van der Waals surface area contributed by atoms with Gasteiger partial charge in [0.05, 0.1) is 10.5 Å². The third-order valence-corrected chi connectivity index (χ3v) is 5.55. The molecule has 0 radical (unpaired) electrons. The molecule has 3 rings (SSSR count). The van der Waals surface area contributed by atoms with E-state index < -0.39 is 4.92 Å². The van der Waals surface area contributed by atoms with Crippen molar-refractivity contribution >= 4 is 17.3 Å². The van der Waals surface area contributed by atoms with E-state index in [4.69, 9.17) is 0 Å². The average Bonchev–Trinajstić information content (AvgIpc) is 2.73. The fourth-order valence-corrected chi connectivity index (χ4v) is 3.69. The van der Waals surface area contributed by atoms with E-state index in [1.165, 1.54) is 30.7 Å². The molecule has 0 N–H and O–H groups in total. The minimum Gasteiger partial charge on any atom is -0.355 e. The summed E-state index contributed by atoms with van der Waals surface area (Å²) in [5.74, 6) is 0.293. The van der Waals surface area contributed by atoms with E-state index in [0.29, 0.717) is 25.3 Å². The van der Waals surface area contributed by atoms with Gasteiger partial charge in [-0.1, -0.05) is 6.07 Å². The van der Waals surface area contributed by atoms with Crippen LogP contribution in [-0.2, 0) is 20.5 Å². The van der Waals surface area contributed by atoms with Crippen molar-refractivity contribution in [1.29, 1.82) is 0 Å². The van der Waals surface area contributed by atoms with Crippen LogP contribution in [-0.4, -0.2) is 57.5 Å². The van der Waals surface area contributed by atoms with E-state index in [0.717, 1.165) is 29.8 Å². The van der Waals surface area contributed by atoms with Crippen LogP contribution in [0.25, 0.3) is 0 Å². The van der Waals surface area contributed by atoms with Crippen molar-refractivity contribution in [2.75, 3.05) is 37.6 Å². The summed E-state index contributed by atoms with van der Waals surface area (Å²) < 4.78 is 2.57. The maximum atomic E-state index is 12.1. The van der Waals surface area contributed by atoms with Crippen molar-refractivity contribution in [1.82, 2.24) is 14.0 Å². The first-order valence-electron chi connectivity index (χ1n) is 9.71. The summed E-state index contributed by atoms with van der Waals surface area (Å²) >= 11 is 0. The highest BCUT2D eigenvalue weighted by atomic mass is 16.6. The second-order valence-corrected chi connectivity index (χ2v) is 7.48. The van der Waals surface area contributed by atoms with Crippen molar-refractivity contribution < 1.29 is 9.72 Å². The zero-order valence-electron chi connectivity index (χ0n) is 17.3. The molecular formula is C20H25N5O5. The Labute approximate surface area is 173 Å². The third kappa shape index (κ3) is 4.33. The quantitative estimate of drug-likeness (QED) is 0.385. The molecule has 1 aromatic carbocycles. The van der Waals surface area contributed by atoms with Crippen LogP contribution < -0.4 is 16.1 Å². The molecule has 0 amide bonds. The van der Waals surface area contributed by atoms with Crippen molar-refractivity contribution in [2.45, 2.75) is 13.3 Å². The number of aromatic nitrogens is 2. The average molecular weight is 415 g/mol. The molecule has 0 spiro atoms.